The number of rotatable bonds is 4. The number of aliphatic hydroxyl groups excluding tert-OH is 1. The SMILES string of the molecule is CN(C)CCN[C@H]1CCC2C3CC=C4C[C@@H](O)CC[C@]4(C)C3CC[C@@]21C. The molecular weight excluding hydrogens is 320 g/mol. The molecule has 3 unspecified atom stereocenters. The van der Waals surface area contributed by atoms with Crippen LogP contribution in [-0.2, 0) is 0 Å². The van der Waals surface area contributed by atoms with Crippen LogP contribution >= 0.6 is 0 Å². The van der Waals surface area contributed by atoms with Gasteiger partial charge in [0.2, 0.25) is 0 Å². The van der Waals surface area contributed by atoms with Crippen molar-refractivity contribution in [3.05, 3.63) is 11.6 Å². The fraction of sp³-hybridized carbons (Fsp3) is 0.913. The summed E-state index contributed by atoms with van der Waals surface area (Å²) in [6.07, 6.45) is 12.5. The summed E-state index contributed by atoms with van der Waals surface area (Å²) in [5.74, 6) is 2.62. The minimum atomic E-state index is -0.0866. The Bertz CT molecular complexity index is 558. The van der Waals surface area contributed by atoms with Gasteiger partial charge < -0.3 is 15.3 Å². The summed E-state index contributed by atoms with van der Waals surface area (Å²) >= 11 is 0. The van der Waals surface area contributed by atoms with E-state index in [-0.39, 0.29) is 6.10 Å². The molecule has 4 aliphatic rings. The monoisotopic (exact) mass is 360 g/mol. The number of hydrogen-bond acceptors (Lipinski definition) is 3. The van der Waals surface area contributed by atoms with Crippen LogP contribution in [0.3, 0.4) is 0 Å². The highest BCUT2D eigenvalue weighted by molar-refractivity contribution is 5.25. The molecule has 3 nitrogen and oxygen atoms in total. The molecule has 2 N–H and O–H groups in total. The molecule has 0 aliphatic heterocycles. The van der Waals surface area contributed by atoms with E-state index in [1.54, 1.807) is 5.57 Å². The molecule has 0 spiro atoms. The van der Waals surface area contributed by atoms with Crippen molar-refractivity contribution in [1.82, 2.24) is 10.2 Å². The van der Waals surface area contributed by atoms with Gasteiger partial charge in [0.15, 0.2) is 0 Å². The molecule has 0 aromatic heterocycles. The standard InChI is InChI=1S/C23H40N2O/c1-22-11-9-17(26)15-16(22)5-6-18-19-7-8-21(24-13-14-25(3)4)23(19,2)12-10-20(18)22/h5,17-21,24,26H,6-15H2,1-4H3/t17-,18?,19?,20?,21-,22-,23-/m0/s1. The van der Waals surface area contributed by atoms with Crippen molar-refractivity contribution < 1.29 is 5.11 Å². The van der Waals surface area contributed by atoms with E-state index >= 15 is 0 Å². The summed E-state index contributed by atoms with van der Waals surface area (Å²) in [6.45, 7) is 7.38. The normalized spacial score (nSPS) is 47.9. The first-order chi connectivity index (χ1) is 12.3. The number of hydrogen-bond donors (Lipinski definition) is 2. The van der Waals surface area contributed by atoms with Crippen LogP contribution < -0.4 is 5.32 Å². The smallest absolute Gasteiger partial charge is 0.0577 e. The van der Waals surface area contributed by atoms with Gasteiger partial charge in [0.05, 0.1) is 6.10 Å². The van der Waals surface area contributed by atoms with Gasteiger partial charge >= 0.3 is 0 Å². The minimum absolute atomic E-state index is 0.0866. The molecule has 3 fully saturated rings. The Hall–Kier alpha value is -0.380. The average Bonchev–Trinajstić information content (AvgIpc) is 2.92. The summed E-state index contributed by atoms with van der Waals surface area (Å²) in [4.78, 5) is 2.28. The van der Waals surface area contributed by atoms with Crippen molar-refractivity contribution in [3.8, 4) is 0 Å². The summed E-state index contributed by atoms with van der Waals surface area (Å²) in [5.41, 5.74) is 2.46. The van der Waals surface area contributed by atoms with Gasteiger partial charge in [-0.3, -0.25) is 0 Å². The second-order valence-corrected chi connectivity index (χ2v) is 10.6. The Labute approximate surface area is 160 Å². The highest BCUT2D eigenvalue weighted by Crippen LogP contribution is 2.64. The lowest BCUT2D eigenvalue weighted by Gasteiger charge is -2.58. The average molecular weight is 361 g/mol. The Morgan fingerprint density at radius 2 is 1.92 bits per heavy atom. The van der Waals surface area contributed by atoms with Crippen LogP contribution in [0.4, 0.5) is 0 Å². The molecule has 4 rings (SSSR count). The molecule has 0 aromatic rings. The van der Waals surface area contributed by atoms with E-state index in [2.05, 4.69) is 44.2 Å². The van der Waals surface area contributed by atoms with Crippen molar-refractivity contribution in [2.24, 2.45) is 28.6 Å². The van der Waals surface area contributed by atoms with Gasteiger partial charge in [-0.05, 0) is 94.0 Å². The number of nitrogens with one attached hydrogen (secondary N) is 1. The van der Waals surface area contributed by atoms with Crippen molar-refractivity contribution in [2.75, 3.05) is 27.2 Å². The van der Waals surface area contributed by atoms with Gasteiger partial charge in [0.1, 0.15) is 0 Å². The molecule has 0 amide bonds. The quantitative estimate of drug-likeness (QED) is 0.748. The van der Waals surface area contributed by atoms with Gasteiger partial charge in [-0.1, -0.05) is 25.5 Å². The number of aliphatic hydroxyl groups is 1. The lowest BCUT2D eigenvalue weighted by atomic mass is 9.48. The molecule has 3 heteroatoms. The van der Waals surface area contributed by atoms with Crippen molar-refractivity contribution in [3.63, 3.8) is 0 Å². The third-order valence-corrected chi connectivity index (χ3v) is 9.03. The maximum absolute atomic E-state index is 10.2. The summed E-state index contributed by atoms with van der Waals surface area (Å²) < 4.78 is 0. The van der Waals surface area contributed by atoms with Gasteiger partial charge in [-0.15, -0.1) is 0 Å². The maximum atomic E-state index is 10.2. The molecule has 26 heavy (non-hydrogen) atoms. The van der Waals surface area contributed by atoms with Gasteiger partial charge in [-0.25, -0.2) is 0 Å². The Morgan fingerprint density at radius 3 is 2.69 bits per heavy atom. The number of allylic oxidation sites excluding steroid dienone is 1. The summed E-state index contributed by atoms with van der Waals surface area (Å²) in [5, 5.41) is 14.1. The molecule has 0 bridgehead atoms. The zero-order chi connectivity index (χ0) is 18.5. The van der Waals surface area contributed by atoms with E-state index in [1.165, 1.54) is 38.5 Å². The molecule has 0 radical (unpaired) electrons. The zero-order valence-electron chi connectivity index (χ0n) is 17.4. The van der Waals surface area contributed by atoms with Crippen molar-refractivity contribution in [1.29, 1.82) is 0 Å². The van der Waals surface area contributed by atoms with Crippen LogP contribution in [0, 0.1) is 28.6 Å². The number of likely N-dealkylation sites (N-methyl/N-ethyl adjacent to an activating group) is 1. The molecule has 0 saturated heterocycles. The van der Waals surface area contributed by atoms with E-state index in [0.29, 0.717) is 16.9 Å². The Balaban J connectivity index is 1.51. The van der Waals surface area contributed by atoms with E-state index < -0.39 is 0 Å². The predicted octanol–water partition coefficient (Wildman–Crippen LogP) is 3.83. The molecule has 148 valence electrons. The molecular formula is C23H40N2O. The first kappa shape index (κ1) is 19.0. The van der Waals surface area contributed by atoms with E-state index in [1.807, 2.05) is 0 Å². The summed E-state index contributed by atoms with van der Waals surface area (Å²) in [6, 6.07) is 0.708. The third-order valence-electron chi connectivity index (χ3n) is 9.03. The van der Waals surface area contributed by atoms with Crippen molar-refractivity contribution >= 4 is 0 Å². The highest BCUT2D eigenvalue weighted by Gasteiger charge is 2.58. The zero-order valence-corrected chi connectivity index (χ0v) is 17.4. The number of nitrogens with zero attached hydrogens (tertiary/aromatic N) is 1. The topological polar surface area (TPSA) is 35.5 Å². The molecule has 4 aliphatic carbocycles. The lowest BCUT2D eigenvalue weighted by Crippen LogP contribution is -2.53. The third kappa shape index (κ3) is 2.99. The van der Waals surface area contributed by atoms with Crippen LogP contribution in [0.5, 0.6) is 0 Å². The van der Waals surface area contributed by atoms with Crippen LogP contribution in [0.25, 0.3) is 0 Å². The lowest BCUT2D eigenvalue weighted by molar-refractivity contribution is -0.0433. The molecule has 7 atom stereocenters. The predicted molar refractivity (Wildman–Crippen MR) is 108 cm³/mol. The first-order valence-corrected chi connectivity index (χ1v) is 11.1. The largest absolute Gasteiger partial charge is 0.393 e. The fourth-order valence-electron chi connectivity index (χ4n) is 7.44. The Morgan fingerprint density at radius 1 is 1.12 bits per heavy atom. The minimum Gasteiger partial charge on any atom is -0.393 e. The molecule has 0 heterocycles. The van der Waals surface area contributed by atoms with Gasteiger partial charge in [0.25, 0.3) is 0 Å². The first-order valence-electron chi connectivity index (χ1n) is 11.1. The number of fused-ring (bicyclic) bond motifs is 5. The van der Waals surface area contributed by atoms with Crippen molar-refractivity contribution in [2.45, 2.75) is 77.4 Å². The second-order valence-electron chi connectivity index (χ2n) is 10.6. The highest BCUT2D eigenvalue weighted by atomic mass is 16.3. The second kappa shape index (κ2) is 6.90. The van der Waals surface area contributed by atoms with E-state index in [9.17, 15) is 5.11 Å². The van der Waals surface area contributed by atoms with Crippen LogP contribution in [0.1, 0.15) is 65.2 Å². The fourth-order valence-corrected chi connectivity index (χ4v) is 7.44. The summed E-state index contributed by atoms with van der Waals surface area (Å²) in [7, 11) is 4.33. The van der Waals surface area contributed by atoms with Crippen LogP contribution in [0.2, 0.25) is 0 Å². The van der Waals surface area contributed by atoms with E-state index in [0.717, 1.165) is 43.7 Å². The van der Waals surface area contributed by atoms with Crippen LogP contribution in [-0.4, -0.2) is 49.3 Å². The Kier molecular flexibility index (Phi) is 5.03. The van der Waals surface area contributed by atoms with E-state index in [4.69, 9.17) is 0 Å². The van der Waals surface area contributed by atoms with Gasteiger partial charge in [0, 0.05) is 19.1 Å². The van der Waals surface area contributed by atoms with Crippen LogP contribution in [0.15, 0.2) is 11.6 Å². The van der Waals surface area contributed by atoms with Gasteiger partial charge in [-0.2, -0.15) is 0 Å². The molecule has 0 aromatic carbocycles. The maximum Gasteiger partial charge on any atom is 0.0577 e. The molecule has 3 saturated carbocycles.